The number of anilines is 1. The van der Waals surface area contributed by atoms with Gasteiger partial charge in [0.1, 0.15) is 6.33 Å². The molecule has 0 saturated carbocycles. The van der Waals surface area contributed by atoms with Crippen LogP contribution in [0.15, 0.2) is 6.33 Å². The van der Waals surface area contributed by atoms with E-state index in [1.165, 1.54) is 6.33 Å². The summed E-state index contributed by atoms with van der Waals surface area (Å²) in [6.07, 6.45) is 1.74. The summed E-state index contributed by atoms with van der Waals surface area (Å²) in [6.45, 7) is 3.84. The zero-order valence-corrected chi connectivity index (χ0v) is 11.1. The third kappa shape index (κ3) is 2.69. The predicted octanol–water partition coefficient (Wildman–Crippen LogP) is 0.232. The number of hydrogen-bond donors (Lipinski definition) is 1. The second-order valence-corrected chi connectivity index (χ2v) is 6.94. The van der Waals surface area contributed by atoms with Crippen molar-refractivity contribution in [3.63, 3.8) is 0 Å². The predicted molar refractivity (Wildman–Crippen MR) is 65.8 cm³/mol. The van der Waals surface area contributed by atoms with E-state index in [0.29, 0.717) is 12.4 Å². The summed E-state index contributed by atoms with van der Waals surface area (Å²) in [5.41, 5.74) is 0. The van der Waals surface area contributed by atoms with Gasteiger partial charge in [-0.1, -0.05) is 0 Å². The Morgan fingerprint density at radius 1 is 1.56 bits per heavy atom. The van der Waals surface area contributed by atoms with Gasteiger partial charge in [-0.15, -0.1) is 0 Å². The number of carbonyl (C=O) groups is 1. The lowest BCUT2D eigenvalue weighted by molar-refractivity contribution is -0.119. The topological polar surface area (TPSA) is 93.9 Å². The average Bonchev–Trinajstić information content (AvgIpc) is 2.84. The molecule has 1 amide bonds. The van der Waals surface area contributed by atoms with Crippen LogP contribution in [0.3, 0.4) is 0 Å². The summed E-state index contributed by atoms with van der Waals surface area (Å²) in [4.78, 5) is 15.9. The van der Waals surface area contributed by atoms with Gasteiger partial charge in [0.2, 0.25) is 11.9 Å². The number of rotatable bonds is 3. The van der Waals surface area contributed by atoms with Gasteiger partial charge in [0.05, 0.1) is 23.5 Å². The van der Waals surface area contributed by atoms with Gasteiger partial charge in [-0.05, 0) is 20.3 Å². The first kappa shape index (κ1) is 13.0. The first-order valence-electron chi connectivity index (χ1n) is 5.80. The van der Waals surface area contributed by atoms with Gasteiger partial charge in [-0.2, -0.15) is 10.1 Å². The first-order chi connectivity index (χ1) is 8.39. The number of carbonyl (C=O) groups excluding carboxylic acids is 1. The van der Waals surface area contributed by atoms with Crippen molar-refractivity contribution < 1.29 is 13.2 Å². The van der Waals surface area contributed by atoms with Crippen LogP contribution in [0.5, 0.6) is 0 Å². The Hall–Kier alpha value is -1.44. The van der Waals surface area contributed by atoms with E-state index in [0.717, 1.165) is 0 Å². The molecule has 1 aromatic rings. The highest BCUT2D eigenvalue weighted by Crippen LogP contribution is 2.20. The first-order valence-corrected chi connectivity index (χ1v) is 7.62. The van der Waals surface area contributed by atoms with Crippen molar-refractivity contribution in [2.24, 2.45) is 5.92 Å². The number of aromatic nitrogens is 3. The minimum atomic E-state index is -3.05. The SMILES string of the molecule is CC(C)n1ncnc1NC(=O)C1CCS(=O)(=O)C1. The second kappa shape index (κ2) is 4.68. The smallest absolute Gasteiger partial charge is 0.230 e. The summed E-state index contributed by atoms with van der Waals surface area (Å²) in [6, 6.07) is 0.0788. The number of nitrogens with one attached hydrogen (secondary N) is 1. The standard InChI is InChI=1S/C10H16N4O3S/c1-7(2)14-10(11-6-12-14)13-9(15)8-3-4-18(16,17)5-8/h6-8H,3-5H2,1-2H3,(H,11,12,13,15). The summed E-state index contributed by atoms with van der Waals surface area (Å²) in [5.74, 6) is -0.408. The van der Waals surface area contributed by atoms with Gasteiger partial charge in [-0.3, -0.25) is 10.1 Å². The molecule has 8 heteroatoms. The van der Waals surface area contributed by atoms with Crippen LogP contribution >= 0.6 is 0 Å². The summed E-state index contributed by atoms with van der Waals surface area (Å²) in [5, 5.41) is 6.63. The van der Waals surface area contributed by atoms with E-state index in [1.54, 1.807) is 4.68 Å². The summed E-state index contributed by atoms with van der Waals surface area (Å²) < 4.78 is 24.2. The van der Waals surface area contributed by atoms with E-state index in [4.69, 9.17) is 0 Å². The molecule has 1 fully saturated rings. The Morgan fingerprint density at radius 2 is 2.28 bits per heavy atom. The maximum absolute atomic E-state index is 11.9. The highest BCUT2D eigenvalue weighted by molar-refractivity contribution is 7.91. The molecule has 1 saturated heterocycles. The van der Waals surface area contributed by atoms with Crippen LogP contribution < -0.4 is 5.32 Å². The van der Waals surface area contributed by atoms with Crippen LogP contribution in [0.2, 0.25) is 0 Å². The fourth-order valence-electron chi connectivity index (χ4n) is 1.93. The Labute approximate surface area is 106 Å². The third-order valence-corrected chi connectivity index (χ3v) is 4.67. The molecule has 1 N–H and O–H groups in total. The maximum Gasteiger partial charge on any atom is 0.230 e. The minimum absolute atomic E-state index is 0.0748. The van der Waals surface area contributed by atoms with Crippen LogP contribution in [-0.4, -0.2) is 40.6 Å². The molecule has 1 atom stereocenters. The third-order valence-electron chi connectivity index (χ3n) is 2.90. The maximum atomic E-state index is 11.9. The highest BCUT2D eigenvalue weighted by atomic mass is 32.2. The lowest BCUT2D eigenvalue weighted by atomic mass is 10.1. The number of sulfone groups is 1. The number of nitrogens with zero attached hydrogens (tertiary/aromatic N) is 3. The molecule has 0 radical (unpaired) electrons. The quantitative estimate of drug-likeness (QED) is 0.850. The minimum Gasteiger partial charge on any atom is -0.294 e. The molecular formula is C10H16N4O3S. The molecule has 0 aromatic carbocycles. The van der Waals surface area contributed by atoms with Gasteiger partial charge >= 0.3 is 0 Å². The molecule has 1 aromatic heterocycles. The molecule has 1 unspecified atom stereocenters. The largest absolute Gasteiger partial charge is 0.294 e. The fraction of sp³-hybridized carbons (Fsp3) is 0.700. The van der Waals surface area contributed by atoms with Gasteiger partial charge < -0.3 is 0 Å². The molecular weight excluding hydrogens is 256 g/mol. The van der Waals surface area contributed by atoms with Gasteiger partial charge in [0.15, 0.2) is 9.84 Å². The molecule has 2 rings (SSSR count). The molecule has 2 heterocycles. The fourth-order valence-corrected chi connectivity index (χ4v) is 3.67. The van der Waals surface area contributed by atoms with Crippen LogP contribution in [0.1, 0.15) is 26.3 Å². The van der Waals surface area contributed by atoms with E-state index in [1.807, 2.05) is 13.8 Å². The van der Waals surface area contributed by atoms with Crippen molar-refractivity contribution >= 4 is 21.7 Å². The summed E-state index contributed by atoms with van der Waals surface area (Å²) in [7, 11) is -3.05. The lowest BCUT2D eigenvalue weighted by Crippen LogP contribution is -2.26. The van der Waals surface area contributed by atoms with Gasteiger partial charge in [0, 0.05) is 0 Å². The summed E-state index contributed by atoms with van der Waals surface area (Å²) >= 11 is 0. The normalized spacial score (nSPS) is 22.3. The monoisotopic (exact) mass is 272 g/mol. The van der Waals surface area contributed by atoms with Crippen molar-refractivity contribution in [2.75, 3.05) is 16.8 Å². The van der Waals surface area contributed by atoms with E-state index in [-0.39, 0.29) is 23.5 Å². The van der Waals surface area contributed by atoms with Crippen LogP contribution in [-0.2, 0) is 14.6 Å². The molecule has 100 valence electrons. The van der Waals surface area contributed by atoms with E-state index in [9.17, 15) is 13.2 Å². The highest BCUT2D eigenvalue weighted by Gasteiger charge is 2.33. The number of amides is 1. The van der Waals surface area contributed by atoms with Gasteiger partial charge in [-0.25, -0.2) is 13.1 Å². The molecule has 7 nitrogen and oxygen atoms in total. The van der Waals surface area contributed by atoms with Crippen LogP contribution in [0.25, 0.3) is 0 Å². The average molecular weight is 272 g/mol. The zero-order chi connectivity index (χ0) is 13.3. The Kier molecular flexibility index (Phi) is 3.38. The van der Waals surface area contributed by atoms with E-state index >= 15 is 0 Å². The van der Waals surface area contributed by atoms with Crippen LogP contribution in [0.4, 0.5) is 5.95 Å². The molecule has 0 bridgehead atoms. The van der Waals surface area contributed by atoms with Crippen molar-refractivity contribution in [2.45, 2.75) is 26.3 Å². The van der Waals surface area contributed by atoms with Crippen LogP contribution in [0, 0.1) is 5.92 Å². The zero-order valence-electron chi connectivity index (χ0n) is 10.3. The molecule has 0 spiro atoms. The molecule has 0 aliphatic carbocycles. The van der Waals surface area contributed by atoms with Crippen molar-refractivity contribution in [1.82, 2.24) is 14.8 Å². The van der Waals surface area contributed by atoms with Crippen molar-refractivity contribution in [1.29, 1.82) is 0 Å². The Balaban J connectivity index is 2.06. The molecule has 18 heavy (non-hydrogen) atoms. The van der Waals surface area contributed by atoms with E-state index in [2.05, 4.69) is 15.4 Å². The Morgan fingerprint density at radius 3 is 2.83 bits per heavy atom. The molecule has 1 aliphatic rings. The van der Waals surface area contributed by atoms with Crippen molar-refractivity contribution in [3.05, 3.63) is 6.33 Å². The lowest BCUT2D eigenvalue weighted by Gasteiger charge is -2.12. The van der Waals surface area contributed by atoms with Gasteiger partial charge in [0.25, 0.3) is 0 Å². The van der Waals surface area contributed by atoms with E-state index < -0.39 is 15.8 Å². The molecule has 1 aliphatic heterocycles. The second-order valence-electron chi connectivity index (χ2n) is 4.71. The number of hydrogen-bond acceptors (Lipinski definition) is 5. The Bertz CT molecular complexity index is 549. The van der Waals surface area contributed by atoms with Crippen molar-refractivity contribution in [3.8, 4) is 0 Å².